The quantitative estimate of drug-likeness (QED) is 0.522. The summed E-state index contributed by atoms with van der Waals surface area (Å²) in [4.78, 5) is 12.0. The molecule has 2 aromatic heterocycles. The Labute approximate surface area is 109 Å². The van der Waals surface area contributed by atoms with Gasteiger partial charge in [-0.3, -0.25) is 0 Å². The van der Waals surface area contributed by atoms with Crippen LogP contribution in [0.2, 0.25) is 0 Å². The topological polar surface area (TPSA) is 130 Å². The van der Waals surface area contributed by atoms with E-state index in [1.54, 1.807) is 4.57 Å². The number of hydrogen-bond acceptors (Lipinski definition) is 7. The lowest BCUT2D eigenvalue weighted by atomic mass is 9.99. The number of nitrogens with two attached hydrogens (primary N) is 1. The molecule has 19 heavy (non-hydrogen) atoms. The lowest BCUT2D eigenvalue weighted by Crippen LogP contribution is -2.38. The van der Waals surface area contributed by atoms with Gasteiger partial charge in [-0.1, -0.05) is 0 Å². The summed E-state index contributed by atoms with van der Waals surface area (Å²) < 4.78 is 1.61. The lowest BCUT2D eigenvalue weighted by Gasteiger charge is -2.26. The van der Waals surface area contributed by atoms with E-state index in [1.807, 2.05) is 0 Å². The number of rotatable bonds is 6. The molecule has 0 unspecified atom stereocenters. The molecule has 0 saturated heterocycles. The summed E-state index contributed by atoms with van der Waals surface area (Å²) in [5.41, 5.74) is 5.32. The van der Waals surface area contributed by atoms with E-state index in [4.69, 9.17) is 10.8 Å². The van der Waals surface area contributed by atoms with Crippen LogP contribution in [0.3, 0.4) is 0 Å². The number of imidazole rings is 1. The maximum absolute atomic E-state index is 10.3. The van der Waals surface area contributed by atoms with Gasteiger partial charge in [0.15, 0.2) is 11.5 Å². The van der Waals surface area contributed by atoms with E-state index in [0.717, 1.165) is 0 Å². The minimum atomic E-state index is -1.32. The molecular weight excluding hydrogens is 250 g/mol. The average molecular weight is 267 g/mol. The third-order valence-corrected chi connectivity index (χ3v) is 2.99. The van der Waals surface area contributed by atoms with Gasteiger partial charge in [0.2, 0.25) is 0 Å². The fraction of sp³-hybridized carbons (Fsp3) is 0.545. The number of nitrogen functional groups attached to an aromatic ring is 1. The first-order valence-electron chi connectivity index (χ1n) is 5.95. The van der Waals surface area contributed by atoms with Crippen LogP contribution in [0, 0.1) is 0 Å². The zero-order chi connectivity index (χ0) is 13.9. The third kappa shape index (κ3) is 2.80. The van der Waals surface area contributed by atoms with Gasteiger partial charge in [0.1, 0.15) is 17.4 Å². The van der Waals surface area contributed by atoms with Gasteiger partial charge in [-0.15, -0.1) is 0 Å². The SMILES string of the molecule is Nc1ncnc2c1ncn2C[C@@](O)(CO)CCCO. The number of fused-ring (bicyclic) bond motifs is 1. The van der Waals surface area contributed by atoms with Crippen LogP contribution in [0.4, 0.5) is 5.82 Å². The van der Waals surface area contributed by atoms with Crippen molar-refractivity contribution in [1.82, 2.24) is 19.5 Å². The number of aliphatic hydroxyl groups is 3. The fourth-order valence-electron chi connectivity index (χ4n) is 1.95. The van der Waals surface area contributed by atoms with E-state index >= 15 is 0 Å². The van der Waals surface area contributed by atoms with Crippen molar-refractivity contribution in [3.8, 4) is 0 Å². The monoisotopic (exact) mass is 267 g/mol. The Kier molecular flexibility index (Phi) is 3.93. The van der Waals surface area contributed by atoms with E-state index in [2.05, 4.69) is 15.0 Å². The van der Waals surface area contributed by atoms with E-state index in [-0.39, 0.29) is 25.4 Å². The normalized spacial score (nSPS) is 14.7. The van der Waals surface area contributed by atoms with Gasteiger partial charge in [-0.05, 0) is 12.8 Å². The molecule has 0 amide bonds. The van der Waals surface area contributed by atoms with Crippen molar-refractivity contribution in [2.45, 2.75) is 25.0 Å². The van der Waals surface area contributed by atoms with Crippen LogP contribution < -0.4 is 5.73 Å². The molecule has 8 heteroatoms. The second kappa shape index (κ2) is 5.47. The summed E-state index contributed by atoms with van der Waals surface area (Å²) in [5.74, 6) is 0.270. The zero-order valence-electron chi connectivity index (χ0n) is 10.4. The maximum atomic E-state index is 10.3. The second-order valence-corrected chi connectivity index (χ2v) is 4.51. The summed E-state index contributed by atoms with van der Waals surface area (Å²) >= 11 is 0. The van der Waals surface area contributed by atoms with Gasteiger partial charge in [-0.2, -0.15) is 0 Å². The average Bonchev–Trinajstić information content (AvgIpc) is 2.81. The van der Waals surface area contributed by atoms with Gasteiger partial charge >= 0.3 is 0 Å². The van der Waals surface area contributed by atoms with E-state index in [1.165, 1.54) is 12.7 Å². The molecule has 0 saturated carbocycles. The summed E-state index contributed by atoms with van der Waals surface area (Å²) in [5, 5.41) is 28.4. The van der Waals surface area contributed by atoms with Crippen molar-refractivity contribution in [2.24, 2.45) is 0 Å². The summed E-state index contributed by atoms with van der Waals surface area (Å²) in [6.45, 7) is -0.328. The highest BCUT2D eigenvalue weighted by Gasteiger charge is 2.27. The molecule has 104 valence electrons. The molecule has 0 radical (unpaired) electrons. The molecule has 0 aliphatic carbocycles. The van der Waals surface area contributed by atoms with E-state index in [0.29, 0.717) is 17.6 Å². The van der Waals surface area contributed by atoms with Gasteiger partial charge < -0.3 is 25.6 Å². The smallest absolute Gasteiger partial charge is 0.165 e. The third-order valence-electron chi connectivity index (χ3n) is 2.99. The minimum Gasteiger partial charge on any atom is -0.396 e. The molecule has 0 bridgehead atoms. The Bertz CT molecular complexity index is 558. The largest absolute Gasteiger partial charge is 0.396 e. The van der Waals surface area contributed by atoms with Crippen molar-refractivity contribution in [3.63, 3.8) is 0 Å². The second-order valence-electron chi connectivity index (χ2n) is 4.51. The molecule has 2 heterocycles. The van der Waals surface area contributed by atoms with Crippen molar-refractivity contribution in [2.75, 3.05) is 18.9 Å². The highest BCUT2D eigenvalue weighted by atomic mass is 16.3. The van der Waals surface area contributed by atoms with Crippen LogP contribution in [0.25, 0.3) is 11.2 Å². The van der Waals surface area contributed by atoms with Crippen molar-refractivity contribution < 1.29 is 15.3 Å². The predicted molar refractivity (Wildman–Crippen MR) is 68.1 cm³/mol. The highest BCUT2D eigenvalue weighted by Crippen LogP contribution is 2.20. The molecule has 0 fully saturated rings. The number of anilines is 1. The first-order chi connectivity index (χ1) is 9.09. The van der Waals surface area contributed by atoms with E-state index in [9.17, 15) is 10.2 Å². The summed E-state index contributed by atoms with van der Waals surface area (Å²) in [6.07, 6.45) is 3.50. The van der Waals surface area contributed by atoms with Crippen LogP contribution in [0.1, 0.15) is 12.8 Å². The van der Waals surface area contributed by atoms with Crippen LogP contribution in [-0.2, 0) is 6.54 Å². The van der Waals surface area contributed by atoms with Gasteiger partial charge in [0.05, 0.1) is 19.5 Å². The van der Waals surface area contributed by atoms with Crippen LogP contribution in [-0.4, -0.2) is 53.7 Å². The summed E-state index contributed by atoms with van der Waals surface area (Å²) in [7, 11) is 0. The van der Waals surface area contributed by atoms with Crippen molar-refractivity contribution in [1.29, 1.82) is 0 Å². The molecule has 0 aliphatic heterocycles. The standard InChI is InChI=1S/C11H17N5O3/c12-9-8-10(14-6-13-9)16(7-15-8)4-11(19,5-18)2-1-3-17/h6-7,17-19H,1-5H2,(H2,12,13,14)/t11-/m1/s1. The van der Waals surface area contributed by atoms with Gasteiger partial charge in [-0.25, -0.2) is 15.0 Å². The summed E-state index contributed by atoms with van der Waals surface area (Å²) in [6, 6.07) is 0. The molecular formula is C11H17N5O3. The predicted octanol–water partition coefficient (Wildman–Crippen LogP) is -1.10. The van der Waals surface area contributed by atoms with Gasteiger partial charge in [0, 0.05) is 6.61 Å². The number of aromatic nitrogens is 4. The maximum Gasteiger partial charge on any atom is 0.165 e. The Hall–Kier alpha value is -1.77. The first kappa shape index (κ1) is 13.7. The number of nitrogens with zero attached hydrogens (tertiary/aromatic N) is 4. The van der Waals surface area contributed by atoms with Crippen LogP contribution in [0.15, 0.2) is 12.7 Å². The Morgan fingerprint density at radius 1 is 1.26 bits per heavy atom. The zero-order valence-corrected chi connectivity index (χ0v) is 10.4. The first-order valence-corrected chi connectivity index (χ1v) is 5.95. The van der Waals surface area contributed by atoms with E-state index < -0.39 is 12.2 Å². The Balaban J connectivity index is 2.27. The van der Waals surface area contributed by atoms with Crippen molar-refractivity contribution in [3.05, 3.63) is 12.7 Å². The van der Waals surface area contributed by atoms with Gasteiger partial charge in [0.25, 0.3) is 0 Å². The molecule has 2 aromatic rings. The molecule has 8 nitrogen and oxygen atoms in total. The van der Waals surface area contributed by atoms with Crippen molar-refractivity contribution >= 4 is 17.0 Å². The number of hydrogen-bond donors (Lipinski definition) is 4. The Morgan fingerprint density at radius 2 is 2.05 bits per heavy atom. The lowest BCUT2D eigenvalue weighted by molar-refractivity contribution is -0.0377. The molecule has 2 rings (SSSR count). The molecule has 0 spiro atoms. The molecule has 0 aromatic carbocycles. The highest BCUT2D eigenvalue weighted by molar-refractivity contribution is 5.81. The molecule has 5 N–H and O–H groups in total. The number of aliphatic hydroxyl groups excluding tert-OH is 2. The molecule has 1 atom stereocenters. The van der Waals surface area contributed by atoms with Crippen LogP contribution >= 0.6 is 0 Å². The minimum absolute atomic E-state index is 0.0396. The van der Waals surface area contributed by atoms with Crippen LogP contribution in [0.5, 0.6) is 0 Å². The Morgan fingerprint density at radius 3 is 2.74 bits per heavy atom. The fourth-order valence-corrected chi connectivity index (χ4v) is 1.95. The molecule has 0 aliphatic rings.